The van der Waals surface area contributed by atoms with Crippen molar-refractivity contribution in [2.45, 2.75) is 46.0 Å². The average Bonchev–Trinajstić information content (AvgIpc) is 2.79. The van der Waals surface area contributed by atoms with Crippen molar-refractivity contribution in [3.8, 4) is 11.5 Å². The standard InChI is InChI=1S/C26H36N2O3/c1-3-19-31-25-8-6-5-7-24(25)27-26(29)20-28-17-15-22(16-18-28)10-9-21-11-13-23(14-12-21)30-4-2/h5-8,11-14,22H,3-4,9-10,15-20H2,1-2H3,(H,27,29). The van der Waals surface area contributed by atoms with Crippen LogP contribution in [0.3, 0.4) is 0 Å². The van der Waals surface area contributed by atoms with Crippen LogP contribution in [-0.4, -0.2) is 43.7 Å². The zero-order valence-electron chi connectivity index (χ0n) is 18.9. The molecule has 1 fully saturated rings. The Morgan fingerprint density at radius 3 is 2.48 bits per heavy atom. The van der Waals surface area contributed by atoms with Crippen LogP contribution in [0, 0.1) is 5.92 Å². The maximum absolute atomic E-state index is 12.6. The van der Waals surface area contributed by atoms with E-state index in [9.17, 15) is 4.79 Å². The quantitative estimate of drug-likeness (QED) is 0.541. The summed E-state index contributed by atoms with van der Waals surface area (Å²) in [5.74, 6) is 2.44. The summed E-state index contributed by atoms with van der Waals surface area (Å²) in [6.45, 7) is 7.83. The molecule has 1 saturated heterocycles. The molecule has 1 heterocycles. The van der Waals surface area contributed by atoms with Crippen LogP contribution >= 0.6 is 0 Å². The normalized spacial score (nSPS) is 14.9. The molecular formula is C26H36N2O3. The first-order valence-electron chi connectivity index (χ1n) is 11.6. The Labute approximate surface area is 186 Å². The van der Waals surface area contributed by atoms with Crippen molar-refractivity contribution < 1.29 is 14.3 Å². The fourth-order valence-corrected chi connectivity index (χ4v) is 4.02. The number of nitrogens with zero attached hydrogens (tertiary/aromatic N) is 1. The first-order chi connectivity index (χ1) is 15.2. The van der Waals surface area contributed by atoms with E-state index >= 15 is 0 Å². The minimum absolute atomic E-state index is 0.0281. The van der Waals surface area contributed by atoms with Crippen LogP contribution in [0.1, 0.15) is 45.1 Å². The molecule has 2 aromatic rings. The largest absolute Gasteiger partial charge is 0.494 e. The minimum Gasteiger partial charge on any atom is -0.494 e. The first kappa shape index (κ1) is 23.1. The number of carbonyl (C=O) groups excluding carboxylic acids is 1. The van der Waals surface area contributed by atoms with Crippen molar-refractivity contribution in [3.63, 3.8) is 0 Å². The Balaban J connectivity index is 1.38. The summed E-state index contributed by atoms with van der Waals surface area (Å²) in [6, 6.07) is 16.1. The summed E-state index contributed by atoms with van der Waals surface area (Å²) in [5.41, 5.74) is 2.13. The van der Waals surface area contributed by atoms with Crippen molar-refractivity contribution in [2.24, 2.45) is 5.92 Å². The topological polar surface area (TPSA) is 50.8 Å². The highest BCUT2D eigenvalue weighted by Gasteiger charge is 2.21. The Bertz CT molecular complexity index is 799. The molecule has 1 aliphatic rings. The van der Waals surface area contributed by atoms with E-state index in [-0.39, 0.29) is 5.91 Å². The van der Waals surface area contributed by atoms with Gasteiger partial charge in [0.25, 0.3) is 0 Å². The Morgan fingerprint density at radius 2 is 1.77 bits per heavy atom. The third kappa shape index (κ3) is 7.59. The van der Waals surface area contributed by atoms with Gasteiger partial charge in [-0.05, 0) is 87.9 Å². The number of anilines is 1. The molecule has 1 N–H and O–H groups in total. The molecule has 0 atom stereocenters. The molecule has 0 saturated carbocycles. The Hall–Kier alpha value is -2.53. The molecular weight excluding hydrogens is 388 g/mol. The maximum atomic E-state index is 12.6. The highest BCUT2D eigenvalue weighted by atomic mass is 16.5. The molecule has 0 aliphatic carbocycles. The number of hydrogen-bond acceptors (Lipinski definition) is 4. The molecule has 5 heteroatoms. The molecule has 5 nitrogen and oxygen atoms in total. The van der Waals surface area contributed by atoms with Gasteiger partial charge in [-0.1, -0.05) is 31.2 Å². The van der Waals surface area contributed by atoms with Gasteiger partial charge in [-0.2, -0.15) is 0 Å². The summed E-state index contributed by atoms with van der Waals surface area (Å²) in [4.78, 5) is 14.8. The molecule has 168 valence electrons. The highest BCUT2D eigenvalue weighted by Crippen LogP contribution is 2.25. The van der Waals surface area contributed by atoms with Crippen LogP contribution in [0.15, 0.2) is 48.5 Å². The van der Waals surface area contributed by atoms with Gasteiger partial charge in [0, 0.05) is 0 Å². The molecule has 0 bridgehead atoms. The second kappa shape index (κ2) is 12.4. The Morgan fingerprint density at radius 1 is 1.03 bits per heavy atom. The first-order valence-corrected chi connectivity index (χ1v) is 11.6. The minimum atomic E-state index is 0.0281. The number of rotatable bonds is 11. The van der Waals surface area contributed by atoms with Crippen LogP contribution in [0.5, 0.6) is 11.5 Å². The fourth-order valence-electron chi connectivity index (χ4n) is 4.02. The predicted octanol–water partition coefficient (Wildman–Crippen LogP) is 5.16. The van der Waals surface area contributed by atoms with Crippen LogP contribution < -0.4 is 14.8 Å². The zero-order valence-corrected chi connectivity index (χ0v) is 18.9. The zero-order chi connectivity index (χ0) is 21.9. The van der Waals surface area contributed by atoms with Gasteiger partial charge in [-0.3, -0.25) is 9.69 Å². The van der Waals surface area contributed by atoms with Crippen LogP contribution in [0.4, 0.5) is 5.69 Å². The third-order valence-electron chi connectivity index (χ3n) is 5.77. The predicted molar refractivity (Wildman–Crippen MR) is 126 cm³/mol. The number of benzene rings is 2. The molecule has 0 unspecified atom stereocenters. The molecule has 0 radical (unpaired) electrons. The molecule has 0 aromatic heterocycles. The average molecular weight is 425 g/mol. The maximum Gasteiger partial charge on any atom is 0.238 e. The number of nitrogens with one attached hydrogen (secondary N) is 1. The second-order valence-electron chi connectivity index (χ2n) is 8.23. The van der Waals surface area contributed by atoms with E-state index < -0.39 is 0 Å². The molecule has 31 heavy (non-hydrogen) atoms. The smallest absolute Gasteiger partial charge is 0.238 e. The number of piperidine rings is 1. The lowest BCUT2D eigenvalue weighted by atomic mass is 9.90. The van der Waals surface area contributed by atoms with Gasteiger partial charge >= 0.3 is 0 Å². The molecule has 3 rings (SSSR count). The van der Waals surface area contributed by atoms with Crippen LogP contribution in [0.2, 0.25) is 0 Å². The van der Waals surface area contributed by atoms with E-state index in [0.717, 1.165) is 61.9 Å². The molecule has 1 aliphatic heterocycles. The number of carbonyl (C=O) groups is 1. The number of ether oxygens (including phenoxy) is 2. The van der Waals surface area contributed by atoms with E-state index in [2.05, 4.69) is 41.4 Å². The van der Waals surface area contributed by atoms with Gasteiger partial charge in [-0.25, -0.2) is 0 Å². The summed E-state index contributed by atoms with van der Waals surface area (Å²) in [7, 11) is 0. The monoisotopic (exact) mass is 424 g/mol. The second-order valence-corrected chi connectivity index (χ2v) is 8.23. The number of aryl methyl sites for hydroxylation is 1. The number of likely N-dealkylation sites (tertiary alicyclic amines) is 1. The van der Waals surface area contributed by atoms with Crippen LogP contribution in [0.25, 0.3) is 0 Å². The van der Waals surface area contributed by atoms with Crippen molar-refractivity contribution in [3.05, 3.63) is 54.1 Å². The van der Waals surface area contributed by atoms with Gasteiger partial charge in [0.05, 0.1) is 25.4 Å². The third-order valence-corrected chi connectivity index (χ3v) is 5.77. The van der Waals surface area contributed by atoms with E-state index in [1.165, 1.54) is 12.0 Å². The van der Waals surface area contributed by atoms with E-state index in [1.54, 1.807) is 0 Å². The molecule has 2 aromatic carbocycles. The Kier molecular flexibility index (Phi) is 9.22. The van der Waals surface area contributed by atoms with Gasteiger partial charge < -0.3 is 14.8 Å². The van der Waals surface area contributed by atoms with Gasteiger partial charge in [0.1, 0.15) is 11.5 Å². The lowest BCUT2D eigenvalue weighted by molar-refractivity contribution is -0.117. The van der Waals surface area contributed by atoms with Gasteiger partial charge in [0.2, 0.25) is 5.91 Å². The van der Waals surface area contributed by atoms with Crippen LogP contribution in [-0.2, 0) is 11.2 Å². The summed E-state index contributed by atoms with van der Waals surface area (Å²) in [5, 5.41) is 3.02. The van der Waals surface area contributed by atoms with E-state index in [1.807, 2.05) is 31.2 Å². The lowest BCUT2D eigenvalue weighted by Gasteiger charge is -2.31. The van der Waals surface area contributed by atoms with E-state index in [4.69, 9.17) is 9.47 Å². The number of para-hydroxylation sites is 2. The van der Waals surface area contributed by atoms with Crippen molar-refractivity contribution in [1.29, 1.82) is 0 Å². The van der Waals surface area contributed by atoms with Crippen molar-refractivity contribution in [1.82, 2.24) is 4.90 Å². The SMILES string of the molecule is CCCOc1ccccc1NC(=O)CN1CCC(CCc2ccc(OCC)cc2)CC1. The molecule has 0 spiro atoms. The van der Waals surface area contributed by atoms with Gasteiger partial charge in [0.15, 0.2) is 0 Å². The lowest BCUT2D eigenvalue weighted by Crippen LogP contribution is -2.39. The van der Waals surface area contributed by atoms with Gasteiger partial charge in [-0.15, -0.1) is 0 Å². The number of hydrogen-bond donors (Lipinski definition) is 1. The van der Waals surface area contributed by atoms with E-state index in [0.29, 0.717) is 19.8 Å². The van der Waals surface area contributed by atoms with Crippen molar-refractivity contribution >= 4 is 11.6 Å². The summed E-state index contributed by atoms with van der Waals surface area (Å²) < 4.78 is 11.3. The highest BCUT2D eigenvalue weighted by molar-refractivity contribution is 5.93. The summed E-state index contributed by atoms with van der Waals surface area (Å²) >= 11 is 0. The van der Waals surface area contributed by atoms with Crippen molar-refractivity contribution in [2.75, 3.05) is 38.2 Å². The fraction of sp³-hybridized carbons (Fsp3) is 0.500. The summed E-state index contributed by atoms with van der Waals surface area (Å²) in [6.07, 6.45) is 5.55. The number of amides is 1. The molecule has 1 amide bonds.